The Morgan fingerprint density at radius 2 is 2.04 bits per heavy atom. The van der Waals surface area contributed by atoms with Crippen LogP contribution in [-0.2, 0) is 16.6 Å². The number of nitrogens with zero attached hydrogens (tertiary/aromatic N) is 2. The summed E-state index contributed by atoms with van der Waals surface area (Å²) in [6, 6.07) is 3.39. The van der Waals surface area contributed by atoms with E-state index < -0.39 is 12.2 Å². The molecule has 1 fully saturated rings. The number of rotatable bonds is 3. The van der Waals surface area contributed by atoms with Gasteiger partial charge in [0.25, 0.3) is 0 Å². The van der Waals surface area contributed by atoms with Crippen LogP contribution in [0, 0.1) is 5.82 Å². The van der Waals surface area contributed by atoms with Crippen molar-refractivity contribution < 1.29 is 19.0 Å². The number of aryl methyl sites for hydroxylation is 1. The van der Waals surface area contributed by atoms with Gasteiger partial charge in [-0.3, -0.25) is 0 Å². The largest absolute Gasteiger partial charge is 0.468 e. The standard InChI is InChI=1S/C18H23FN2O3/c1-5-15-20-16-11(6-10(7-12(16)19)18(2,3)4)17(21-15)24-14-9-23-8-13(14)22/h6-7,13-14,22H,5,8-9H2,1-4H3/t13-,14-/m0/s1. The fourth-order valence-electron chi connectivity index (χ4n) is 2.67. The lowest BCUT2D eigenvalue weighted by molar-refractivity contribution is 0.0712. The number of hydrogen-bond donors (Lipinski definition) is 1. The molecule has 1 aliphatic rings. The van der Waals surface area contributed by atoms with Crippen LogP contribution in [0.4, 0.5) is 4.39 Å². The summed E-state index contributed by atoms with van der Waals surface area (Å²) in [5, 5.41) is 10.4. The van der Waals surface area contributed by atoms with Crippen molar-refractivity contribution in [2.45, 2.75) is 51.7 Å². The number of halogens is 1. The molecule has 1 aliphatic heterocycles. The van der Waals surface area contributed by atoms with E-state index in [0.29, 0.717) is 23.5 Å². The van der Waals surface area contributed by atoms with Gasteiger partial charge in [-0.25, -0.2) is 9.37 Å². The molecule has 0 unspecified atom stereocenters. The van der Waals surface area contributed by atoms with Crippen molar-refractivity contribution in [1.29, 1.82) is 0 Å². The average molecular weight is 334 g/mol. The lowest BCUT2D eigenvalue weighted by Gasteiger charge is -2.21. The summed E-state index contributed by atoms with van der Waals surface area (Å²) < 4.78 is 25.7. The summed E-state index contributed by atoms with van der Waals surface area (Å²) in [5.74, 6) is 0.423. The van der Waals surface area contributed by atoms with Gasteiger partial charge in [-0.05, 0) is 23.1 Å². The van der Waals surface area contributed by atoms with Gasteiger partial charge < -0.3 is 14.6 Å². The van der Waals surface area contributed by atoms with Gasteiger partial charge in [-0.15, -0.1) is 0 Å². The number of fused-ring (bicyclic) bond motifs is 1. The van der Waals surface area contributed by atoms with Gasteiger partial charge in [-0.2, -0.15) is 4.98 Å². The molecule has 2 heterocycles. The summed E-state index contributed by atoms with van der Waals surface area (Å²) in [4.78, 5) is 8.73. The molecule has 0 radical (unpaired) electrons. The van der Waals surface area contributed by atoms with E-state index in [1.807, 2.05) is 33.8 Å². The first-order valence-corrected chi connectivity index (χ1v) is 8.22. The van der Waals surface area contributed by atoms with E-state index in [0.717, 1.165) is 5.56 Å². The minimum absolute atomic E-state index is 0.217. The number of hydrogen-bond acceptors (Lipinski definition) is 5. The zero-order valence-corrected chi connectivity index (χ0v) is 14.5. The van der Waals surface area contributed by atoms with Crippen LogP contribution in [0.2, 0.25) is 0 Å². The Labute approximate surface area is 140 Å². The summed E-state index contributed by atoms with van der Waals surface area (Å²) in [6.45, 7) is 8.48. The van der Waals surface area contributed by atoms with Crippen molar-refractivity contribution in [2.24, 2.45) is 0 Å². The number of ether oxygens (including phenoxy) is 2. The third-order valence-electron chi connectivity index (χ3n) is 4.21. The molecule has 24 heavy (non-hydrogen) atoms. The molecule has 5 nitrogen and oxygen atoms in total. The van der Waals surface area contributed by atoms with Crippen molar-refractivity contribution in [2.75, 3.05) is 13.2 Å². The lowest BCUT2D eigenvalue weighted by Crippen LogP contribution is -2.30. The van der Waals surface area contributed by atoms with Crippen molar-refractivity contribution in [3.8, 4) is 5.88 Å². The Kier molecular flexibility index (Phi) is 4.44. The van der Waals surface area contributed by atoms with Crippen LogP contribution in [0.3, 0.4) is 0 Å². The molecule has 0 aliphatic carbocycles. The van der Waals surface area contributed by atoms with Crippen LogP contribution in [0.15, 0.2) is 12.1 Å². The molecule has 0 saturated carbocycles. The van der Waals surface area contributed by atoms with Crippen LogP contribution in [0.25, 0.3) is 10.9 Å². The van der Waals surface area contributed by atoms with Crippen molar-refractivity contribution in [1.82, 2.24) is 9.97 Å². The van der Waals surface area contributed by atoms with Crippen LogP contribution < -0.4 is 4.74 Å². The molecular weight excluding hydrogens is 311 g/mol. The monoisotopic (exact) mass is 334 g/mol. The van der Waals surface area contributed by atoms with Crippen molar-refractivity contribution in [3.63, 3.8) is 0 Å². The maximum Gasteiger partial charge on any atom is 0.225 e. The van der Waals surface area contributed by atoms with Gasteiger partial charge in [0.15, 0.2) is 6.10 Å². The van der Waals surface area contributed by atoms with E-state index in [1.54, 1.807) is 0 Å². The van der Waals surface area contributed by atoms with Crippen molar-refractivity contribution in [3.05, 3.63) is 29.3 Å². The van der Waals surface area contributed by atoms with E-state index in [2.05, 4.69) is 9.97 Å². The highest BCUT2D eigenvalue weighted by Crippen LogP contribution is 2.32. The fourth-order valence-corrected chi connectivity index (χ4v) is 2.67. The normalized spacial score (nSPS) is 21.4. The van der Waals surface area contributed by atoms with E-state index in [1.165, 1.54) is 6.07 Å². The predicted octanol–water partition coefficient (Wildman–Crippen LogP) is 2.77. The molecule has 1 saturated heterocycles. The lowest BCUT2D eigenvalue weighted by atomic mass is 9.86. The molecule has 0 amide bonds. The van der Waals surface area contributed by atoms with Crippen LogP contribution >= 0.6 is 0 Å². The smallest absolute Gasteiger partial charge is 0.225 e. The van der Waals surface area contributed by atoms with E-state index in [4.69, 9.17) is 9.47 Å². The summed E-state index contributed by atoms with van der Waals surface area (Å²) >= 11 is 0. The molecule has 2 aromatic rings. The Hall–Kier alpha value is -1.79. The second-order valence-corrected chi connectivity index (χ2v) is 7.16. The number of aliphatic hydroxyl groups excluding tert-OH is 1. The second-order valence-electron chi connectivity index (χ2n) is 7.16. The molecule has 1 aromatic carbocycles. The van der Waals surface area contributed by atoms with Crippen molar-refractivity contribution >= 4 is 10.9 Å². The van der Waals surface area contributed by atoms with E-state index in [-0.39, 0.29) is 30.0 Å². The molecule has 6 heteroatoms. The molecule has 1 N–H and O–H groups in total. The third kappa shape index (κ3) is 3.21. The predicted molar refractivity (Wildman–Crippen MR) is 88.8 cm³/mol. The van der Waals surface area contributed by atoms with Gasteiger partial charge in [0.1, 0.15) is 23.3 Å². The maximum absolute atomic E-state index is 14.6. The first kappa shape index (κ1) is 17.0. The minimum Gasteiger partial charge on any atom is -0.468 e. The van der Waals surface area contributed by atoms with Crippen LogP contribution in [0.5, 0.6) is 5.88 Å². The van der Waals surface area contributed by atoms with Gasteiger partial charge in [0.2, 0.25) is 5.88 Å². The minimum atomic E-state index is -0.712. The third-order valence-corrected chi connectivity index (χ3v) is 4.21. The zero-order valence-electron chi connectivity index (χ0n) is 14.5. The summed E-state index contributed by atoms with van der Waals surface area (Å²) in [6.07, 6.45) is -0.652. The molecule has 1 aromatic heterocycles. The molecular formula is C18H23FN2O3. The van der Waals surface area contributed by atoms with Crippen LogP contribution in [-0.4, -0.2) is 40.5 Å². The van der Waals surface area contributed by atoms with Crippen LogP contribution in [0.1, 0.15) is 39.1 Å². The highest BCUT2D eigenvalue weighted by atomic mass is 19.1. The Morgan fingerprint density at radius 1 is 1.29 bits per heavy atom. The molecule has 0 spiro atoms. The quantitative estimate of drug-likeness (QED) is 0.935. The zero-order chi connectivity index (χ0) is 17.5. The molecule has 2 atom stereocenters. The van der Waals surface area contributed by atoms with E-state index >= 15 is 0 Å². The average Bonchev–Trinajstić information content (AvgIpc) is 2.91. The molecule has 0 bridgehead atoms. The molecule has 3 rings (SSSR count). The van der Waals surface area contributed by atoms with Gasteiger partial charge in [0, 0.05) is 6.42 Å². The number of benzene rings is 1. The van der Waals surface area contributed by atoms with Gasteiger partial charge in [0.05, 0.1) is 18.6 Å². The first-order chi connectivity index (χ1) is 11.3. The molecule has 130 valence electrons. The van der Waals surface area contributed by atoms with E-state index in [9.17, 15) is 9.50 Å². The Bertz CT molecular complexity index is 758. The first-order valence-electron chi connectivity index (χ1n) is 8.22. The maximum atomic E-state index is 14.6. The SMILES string of the molecule is CCc1nc(O[C@H]2COC[C@@H]2O)c2cc(C(C)(C)C)cc(F)c2n1. The number of aromatic nitrogens is 2. The summed E-state index contributed by atoms with van der Waals surface area (Å²) in [5.41, 5.74) is 0.873. The van der Waals surface area contributed by atoms with Gasteiger partial charge in [-0.1, -0.05) is 27.7 Å². The topological polar surface area (TPSA) is 64.5 Å². The van der Waals surface area contributed by atoms with Gasteiger partial charge >= 0.3 is 0 Å². The fraction of sp³-hybridized carbons (Fsp3) is 0.556. The highest BCUT2D eigenvalue weighted by molar-refractivity contribution is 5.85. The highest BCUT2D eigenvalue weighted by Gasteiger charge is 2.30. The Morgan fingerprint density at radius 3 is 2.62 bits per heavy atom. The number of aliphatic hydroxyl groups is 1. The summed E-state index contributed by atoms with van der Waals surface area (Å²) in [7, 11) is 0. The Balaban J connectivity index is 2.15. The second kappa shape index (κ2) is 6.26.